The average molecular weight is 275 g/mol. The van der Waals surface area contributed by atoms with E-state index in [4.69, 9.17) is 10.8 Å². The van der Waals surface area contributed by atoms with Crippen LogP contribution in [0.3, 0.4) is 0 Å². The second kappa shape index (κ2) is 5.75. The Bertz CT molecular complexity index is 635. The van der Waals surface area contributed by atoms with E-state index in [1.807, 2.05) is 30.5 Å². The fourth-order valence-corrected chi connectivity index (χ4v) is 2.01. The van der Waals surface area contributed by atoms with Crippen molar-refractivity contribution < 1.29 is 14.7 Å². The van der Waals surface area contributed by atoms with Crippen molar-refractivity contribution in [3.63, 3.8) is 0 Å². The molecule has 0 aliphatic rings. The molecule has 0 saturated heterocycles. The highest BCUT2D eigenvalue weighted by Crippen LogP contribution is 2.18. The highest BCUT2D eigenvalue weighted by molar-refractivity contribution is 5.88. The Hall–Kier alpha value is -2.34. The Morgan fingerprint density at radius 1 is 1.40 bits per heavy atom. The minimum Gasteiger partial charge on any atom is -0.480 e. The molecular weight excluding hydrogens is 258 g/mol. The SMILES string of the molecule is C[C@@H](NC(=O)C(N)Cc1c[nH]c2ccccc12)C(=O)O. The molecule has 2 rings (SSSR count). The van der Waals surface area contributed by atoms with Gasteiger partial charge in [-0.3, -0.25) is 9.59 Å². The van der Waals surface area contributed by atoms with Gasteiger partial charge in [0.05, 0.1) is 6.04 Å². The van der Waals surface area contributed by atoms with Crippen LogP contribution in [0.15, 0.2) is 30.5 Å². The zero-order valence-corrected chi connectivity index (χ0v) is 11.1. The Morgan fingerprint density at radius 2 is 2.10 bits per heavy atom. The molecule has 0 bridgehead atoms. The Balaban J connectivity index is 2.06. The first-order chi connectivity index (χ1) is 9.49. The minimum atomic E-state index is -1.09. The van der Waals surface area contributed by atoms with Crippen LogP contribution in [0.2, 0.25) is 0 Å². The van der Waals surface area contributed by atoms with Gasteiger partial charge in [0.15, 0.2) is 0 Å². The third kappa shape index (κ3) is 2.97. The molecule has 20 heavy (non-hydrogen) atoms. The monoisotopic (exact) mass is 275 g/mol. The summed E-state index contributed by atoms with van der Waals surface area (Å²) in [4.78, 5) is 25.6. The van der Waals surface area contributed by atoms with Crippen molar-refractivity contribution in [2.75, 3.05) is 0 Å². The summed E-state index contributed by atoms with van der Waals surface area (Å²) in [7, 11) is 0. The van der Waals surface area contributed by atoms with Crippen molar-refractivity contribution in [3.05, 3.63) is 36.0 Å². The molecule has 1 heterocycles. The third-order valence-corrected chi connectivity index (χ3v) is 3.18. The number of aromatic nitrogens is 1. The molecule has 0 aliphatic heterocycles. The number of carboxylic acid groups (broad SMARTS) is 1. The van der Waals surface area contributed by atoms with Gasteiger partial charge in [0.1, 0.15) is 6.04 Å². The highest BCUT2D eigenvalue weighted by atomic mass is 16.4. The smallest absolute Gasteiger partial charge is 0.325 e. The van der Waals surface area contributed by atoms with Gasteiger partial charge >= 0.3 is 5.97 Å². The number of carbonyl (C=O) groups is 2. The lowest BCUT2D eigenvalue weighted by molar-refractivity contribution is -0.141. The summed E-state index contributed by atoms with van der Waals surface area (Å²) in [5.74, 6) is -1.55. The van der Waals surface area contributed by atoms with Crippen molar-refractivity contribution in [2.24, 2.45) is 5.73 Å². The van der Waals surface area contributed by atoms with Gasteiger partial charge in [-0.15, -0.1) is 0 Å². The summed E-state index contributed by atoms with van der Waals surface area (Å²) in [5, 5.41) is 12.1. The Kier molecular flexibility index (Phi) is 4.05. The van der Waals surface area contributed by atoms with Crippen LogP contribution < -0.4 is 11.1 Å². The molecule has 5 N–H and O–H groups in total. The molecular formula is C14H17N3O3. The standard InChI is InChI=1S/C14H17N3O3/c1-8(14(19)20)17-13(18)11(15)6-9-7-16-12-5-3-2-4-10(9)12/h2-5,7-8,11,16H,6,15H2,1H3,(H,17,18)(H,19,20)/t8-,11?/m1/s1. The number of nitrogens with two attached hydrogens (primary N) is 1. The van der Waals surface area contributed by atoms with Crippen LogP contribution in [0.25, 0.3) is 10.9 Å². The highest BCUT2D eigenvalue weighted by Gasteiger charge is 2.20. The van der Waals surface area contributed by atoms with E-state index < -0.39 is 24.0 Å². The molecule has 1 amide bonds. The number of aliphatic carboxylic acids is 1. The van der Waals surface area contributed by atoms with Crippen LogP contribution >= 0.6 is 0 Å². The lowest BCUT2D eigenvalue weighted by atomic mass is 10.0. The maximum Gasteiger partial charge on any atom is 0.325 e. The largest absolute Gasteiger partial charge is 0.480 e. The molecule has 2 atom stereocenters. The molecule has 2 aromatic rings. The Labute approximate surface area is 116 Å². The maximum atomic E-state index is 11.8. The fraction of sp³-hybridized carbons (Fsp3) is 0.286. The van der Waals surface area contributed by atoms with E-state index in [2.05, 4.69) is 10.3 Å². The van der Waals surface area contributed by atoms with E-state index in [1.54, 1.807) is 0 Å². The number of H-pyrrole nitrogens is 1. The lowest BCUT2D eigenvalue weighted by Gasteiger charge is -2.14. The topological polar surface area (TPSA) is 108 Å². The number of rotatable bonds is 5. The molecule has 0 radical (unpaired) electrons. The zero-order valence-electron chi connectivity index (χ0n) is 11.1. The summed E-state index contributed by atoms with van der Waals surface area (Å²) >= 11 is 0. The van der Waals surface area contributed by atoms with E-state index >= 15 is 0 Å². The number of carboxylic acids is 1. The van der Waals surface area contributed by atoms with Crippen LogP contribution in [0, 0.1) is 0 Å². The number of aromatic amines is 1. The van der Waals surface area contributed by atoms with Crippen LogP contribution in [-0.2, 0) is 16.0 Å². The number of hydrogen-bond acceptors (Lipinski definition) is 3. The quantitative estimate of drug-likeness (QED) is 0.641. The van der Waals surface area contributed by atoms with Crippen molar-refractivity contribution in [1.29, 1.82) is 0 Å². The van der Waals surface area contributed by atoms with Gasteiger partial charge in [0.2, 0.25) is 5.91 Å². The van der Waals surface area contributed by atoms with E-state index in [1.165, 1.54) is 6.92 Å². The summed E-state index contributed by atoms with van der Waals surface area (Å²) in [6.45, 7) is 1.40. The molecule has 0 saturated carbocycles. The van der Waals surface area contributed by atoms with Crippen LogP contribution in [-0.4, -0.2) is 34.1 Å². The predicted octanol–water partition coefficient (Wildman–Crippen LogP) is 0.627. The molecule has 106 valence electrons. The van der Waals surface area contributed by atoms with Gasteiger partial charge in [-0.1, -0.05) is 18.2 Å². The number of fused-ring (bicyclic) bond motifs is 1. The second-order valence-electron chi connectivity index (χ2n) is 4.74. The lowest BCUT2D eigenvalue weighted by Crippen LogP contribution is -2.47. The molecule has 0 aliphatic carbocycles. The number of para-hydroxylation sites is 1. The van der Waals surface area contributed by atoms with Crippen LogP contribution in [0.4, 0.5) is 0 Å². The zero-order chi connectivity index (χ0) is 14.7. The van der Waals surface area contributed by atoms with Crippen LogP contribution in [0.5, 0.6) is 0 Å². The van der Waals surface area contributed by atoms with E-state index in [0.717, 1.165) is 16.5 Å². The molecule has 6 heteroatoms. The maximum absolute atomic E-state index is 11.8. The van der Waals surface area contributed by atoms with Crippen molar-refractivity contribution in [2.45, 2.75) is 25.4 Å². The molecule has 1 aromatic heterocycles. The van der Waals surface area contributed by atoms with Gasteiger partial charge in [-0.25, -0.2) is 0 Å². The summed E-state index contributed by atoms with van der Waals surface area (Å²) in [6, 6.07) is 6.00. The first-order valence-corrected chi connectivity index (χ1v) is 6.33. The number of benzene rings is 1. The summed E-state index contributed by atoms with van der Waals surface area (Å²) in [5.41, 5.74) is 7.75. The number of hydrogen-bond donors (Lipinski definition) is 4. The summed E-state index contributed by atoms with van der Waals surface area (Å²) in [6.07, 6.45) is 2.17. The molecule has 0 fully saturated rings. The number of carbonyl (C=O) groups excluding carboxylic acids is 1. The van der Waals surface area contributed by atoms with Gasteiger partial charge in [0, 0.05) is 17.1 Å². The first kappa shape index (κ1) is 14.1. The van der Waals surface area contributed by atoms with Crippen molar-refractivity contribution in [1.82, 2.24) is 10.3 Å². The van der Waals surface area contributed by atoms with E-state index in [-0.39, 0.29) is 0 Å². The average Bonchev–Trinajstić information content (AvgIpc) is 2.82. The normalized spacial score (nSPS) is 13.9. The second-order valence-corrected chi connectivity index (χ2v) is 4.74. The summed E-state index contributed by atoms with van der Waals surface area (Å²) < 4.78 is 0. The van der Waals surface area contributed by atoms with E-state index in [0.29, 0.717) is 6.42 Å². The van der Waals surface area contributed by atoms with E-state index in [9.17, 15) is 9.59 Å². The van der Waals surface area contributed by atoms with Gasteiger partial charge < -0.3 is 21.1 Å². The predicted molar refractivity (Wildman–Crippen MR) is 75.2 cm³/mol. The van der Waals surface area contributed by atoms with Gasteiger partial charge in [-0.05, 0) is 25.0 Å². The van der Waals surface area contributed by atoms with Crippen LogP contribution in [0.1, 0.15) is 12.5 Å². The van der Waals surface area contributed by atoms with Gasteiger partial charge in [-0.2, -0.15) is 0 Å². The van der Waals surface area contributed by atoms with Gasteiger partial charge in [0.25, 0.3) is 0 Å². The fourth-order valence-electron chi connectivity index (χ4n) is 2.01. The number of nitrogens with one attached hydrogen (secondary N) is 2. The molecule has 1 aromatic carbocycles. The molecule has 6 nitrogen and oxygen atoms in total. The van der Waals surface area contributed by atoms with Crippen molar-refractivity contribution in [3.8, 4) is 0 Å². The number of amides is 1. The first-order valence-electron chi connectivity index (χ1n) is 6.33. The van der Waals surface area contributed by atoms with Crippen molar-refractivity contribution >= 4 is 22.8 Å². The molecule has 0 spiro atoms. The molecule has 1 unspecified atom stereocenters. The Morgan fingerprint density at radius 3 is 2.80 bits per heavy atom. The third-order valence-electron chi connectivity index (χ3n) is 3.18. The minimum absolute atomic E-state index is 0.349.